The summed E-state index contributed by atoms with van der Waals surface area (Å²) in [6, 6.07) is 20.2. The minimum Gasteiger partial charge on any atom is -0.481 e. The van der Waals surface area contributed by atoms with E-state index in [0.29, 0.717) is 23.1 Å². The Hall–Kier alpha value is -4.92. The van der Waals surface area contributed by atoms with E-state index in [-0.39, 0.29) is 43.1 Å². The van der Waals surface area contributed by atoms with E-state index in [0.717, 1.165) is 23.8 Å². The third kappa shape index (κ3) is 7.35. The number of hydrogen-bond donors (Lipinski definition) is 2. The van der Waals surface area contributed by atoms with Gasteiger partial charge in [-0.25, -0.2) is 8.78 Å². The van der Waals surface area contributed by atoms with Gasteiger partial charge >= 0.3 is 5.97 Å². The number of nitrogens with one attached hydrogen (secondary N) is 1. The van der Waals surface area contributed by atoms with Gasteiger partial charge in [0.15, 0.2) is 0 Å². The molecule has 0 saturated heterocycles. The van der Waals surface area contributed by atoms with Gasteiger partial charge in [0.2, 0.25) is 0 Å². The van der Waals surface area contributed by atoms with Gasteiger partial charge in [-0.2, -0.15) is 0 Å². The number of benzene rings is 3. The quantitative estimate of drug-likeness (QED) is 0.274. The molecule has 0 spiro atoms. The maximum Gasteiger partial charge on any atom is 0.305 e. The molecule has 4 aromatic rings. The van der Waals surface area contributed by atoms with Crippen LogP contribution in [0.4, 0.5) is 8.78 Å². The van der Waals surface area contributed by atoms with Crippen LogP contribution in [0, 0.1) is 11.6 Å². The molecule has 204 valence electrons. The molecule has 1 aromatic heterocycles. The maximum absolute atomic E-state index is 13.8. The van der Waals surface area contributed by atoms with E-state index in [9.17, 15) is 28.3 Å². The topological polar surface area (TPSA) is 99.6 Å². The lowest BCUT2D eigenvalue weighted by Gasteiger charge is -2.24. The summed E-state index contributed by atoms with van der Waals surface area (Å²) in [5.41, 5.74) is 2.79. The van der Waals surface area contributed by atoms with Crippen LogP contribution in [0.5, 0.6) is 0 Å². The number of carbonyl (C=O) groups excluding carboxylic acids is 2. The summed E-state index contributed by atoms with van der Waals surface area (Å²) in [5.74, 6) is -3.35. The highest BCUT2D eigenvalue weighted by Crippen LogP contribution is 2.28. The number of nitrogens with zero attached hydrogens (tertiary/aromatic N) is 2. The predicted molar refractivity (Wildman–Crippen MR) is 146 cm³/mol. The van der Waals surface area contributed by atoms with Crippen LogP contribution in [0.3, 0.4) is 0 Å². The zero-order chi connectivity index (χ0) is 28.5. The lowest BCUT2D eigenvalue weighted by atomic mass is 9.94. The summed E-state index contributed by atoms with van der Waals surface area (Å²) in [7, 11) is 0. The first-order valence-electron chi connectivity index (χ1n) is 12.6. The minimum atomic E-state index is -1.02. The molecule has 0 bridgehead atoms. The molecule has 0 unspecified atom stereocenters. The van der Waals surface area contributed by atoms with Crippen LogP contribution < -0.4 is 5.32 Å². The second-order valence-corrected chi connectivity index (χ2v) is 9.09. The molecule has 0 aliphatic carbocycles. The predicted octanol–water partition coefficient (Wildman–Crippen LogP) is 5.12. The first-order chi connectivity index (χ1) is 19.3. The second kappa shape index (κ2) is 13.2. The maximum atomic E-state index is 13.8. The zero-order valence-electron chi connectivity index (χ0n) is 21.5. The molecule has 1 heterocycles. The molecule has 40 heavy (non-hydrogen) atoms. The summed E-state index contributed by atoms with van der Waals surface area (Å²) < 4.78 is 27.1. The number of aromatic nitrogens is 1. The summed E-state index contributed by atoms with van der Waals surface area (Å²) in [6.07, 6.45) is 3.60. The van der Waals surface area contributed by atoms with Crippen LogP contribution in [-0.2, 0) is 17.8 Å². The Kier molecular flexibility index (Phi) is 9.30. The largest absolute Gasteiger partial charge is 0.481 e. The van der Waals surface area contributed by atoms with Gasteiger partial charge in [0, 0.05) is 49.2 Å². The Labute approximate surface area is 230 Å². The van der Waals surface area contributed by atoms with Crippen molar-refractivity contribution in [3.63, 3.8) is 0 Å². The van der Waals surface area contributed by atoms with Gasteiger partial charge in [0.1, 0.15) is 11.6 Å². The van der Waals surface area contributed by atoms with Gasteiger partial charge < -0.3 is 15.3 Å². The van der Waals surface area contributed by atoms with E-state index >= 15 is 0 Å². The van der Waals surface area contributed by atoms with E-state index in [4.69, 9.17) is 0 Å². The number of hydrogen-bond acceptors (Lipinski definition) is 4. The van der Waals surface area contributed by atoms with Gasteiger partial charge in [-0.05, 0) is 65.1 Å². The summed E-state index contributed by atoms with van der Waals surface area (Å²) >= 11 is 0. The number of carboxylic acid groups (broad SMARTS) is 1. The fourth-order valence-corrected chi connectivity index (χ4v) is 4.34. The van der Waals surface area contributed by atoms with Crippen molar-refractivity contribution in [1.29, 1.82) is 0 Å². The van der Waals surface area contributed by atoms with Crippen LogP contribution in [0.2, 0.25) is 0 Å². The molecular weight excluding hydrogens is 516 g/mol. The molecule has 0 aliphatic heterocycles. The Bertz CT molecular complexity index is 1490. The minimum absolute atomic E-state index is 0.0138. The van der Waals surface area contributed by atoms with Crippen molar-refractivity contribution in [3.8, 4) is 11.1 Å². The molecule has 4 rings (SSSR count). The molecule has 2 amide bonds. The van der Waals surface area contributed by atoms with Crippen molar-refractivity contribution in [3.05, 3.63) is 125 Å². The SMILES string of the molecule is O=C(O)CCN(CCc1ccncc1)C(=O)c1ccccc1-c1ccccc1C(=O)NCc1cc(F)cc(F)c1. The Morgan fingerprint density at radius 2 is 1.38 bits per heavy atom. The number of carbonyl (C=O) groups is 3. The number of rotatable bonds is 11. The fourth-order valence-electron chi connectivity index (χ4n) is 4.34. The molecule has 7 nitrogen and oxygen atoms in total. The van der Waals surface area contributed by atoms with Crippen molar-refractivity contribution in [2.75, 3.05) is 13.1 Å². The molecular formula is C31H27F2N3O4. The van der Waals surface area contributed by atoms with Gasteiger partial charge in [-0.15, -0.1) is 0 Å². The van der Waals surface area contributed by atoms with Gasteiger partial charge in [-0.1, -0.05) is 36.4 Å². The third-order valence-corrected chi connectivity index (χ3v) is 6.30. The Morgan fingerprint density at radius 3 is 2.02 bits per heavy atom. The van der Waals surface area contributed by atoms with Crippen LogP contribution in [0.25, 0.3) is 11.1 Å². The molecule has 0 fully saturated rings. The molecule has 0 radical (unpaired) electrons. The summed E-state index contributed by atoms with van der Waals surface area (Å²) in [6.45, 7) is 0.205. The van der Waals surface area contributed by atoms with Crippen molar-refractivity contribution in [2.45, 2.75) is 19.4 Å². The van der Waals surface area contributed by atoms with E-state index < -0.39 is 23.5 Å². The first kappa shape index (κ1) is 28.1. The smallest absolute Gasteiger partial charge is 0.305 e. The lowest BCUT2D eigenvalue weighted by molar-refractivity contribution is -0.137. The van der Waals surface area contributed by atoms with Crippen LogP contribution in [0.1, 0.15) is 38.3 Å². The van der Waals surface area contributed by atoms with Crippen molar-refractivity contribution in [1.82, 2.24) is 15.2 Å². The Balaban J connectivity index is 1.60. The van der Waals surface area contributed by atoms with Gasteiger partial charge in [0.05, 0.1) is 6.42 Å². The number of halogens is 2. The number of pyridine rings is 1. The highest BCUT2D eigenvalue weighted by Gasteiger charge is 2.22. The molecule has 0 saturated carbocycles. The van der Waals surface area contributed by atoms with Crippen molar-refractivity contribution >= 4 is 17.8 Å². The third-order valence-electron chi connectivity index (χ3n) is 6.30. The number of amides is 2. The van der Waals surface area contributed by atoms with Crippen LogP contribution in [-0.4, -0.2) is 45.9 Å². The van der Waals surface area contributed by atoms with E-state index in [1.54, 1.807) is 60.9 Å². The van der Waals surface area contributed by atoms with Crippen LogP contribution in [0.15, 0.2) is 91.3 Å². The second-order valence-electron chi connectivity index (χ2n) is 9.09. The lowest BCUT2D eigenvalue weighted by Crippen LogP contribution is -2.35. The van der Waals surface area contributed by atoms with Gasteiger partial charge in [0.25, 0.3) is 11.8 Å². The summed E-state index contributed by atoms with van der Waals surface area (Å²) in [4.78, 5) is 43.8. The highest BCUT2D eigenvalue weighted by molar-refractivity contribution is 6.06. The normalized spacial score (nSPS) is 10.7. The van der Waals surface area contributed by atoms with Gasteiger partial charge in [-0.3, -0.25) is 19.4 Å². The van der Waals surface area contributed by atoms with E-state index in [1.807, 2.05) is 12.1 Å². The molecule has 0 atom stereocenters. The molecule has 3 aromatic carbocycles. The fraction of sp³-hybridized carbons (Fsp3) is 0.161. The monoisotopic (exact) mass is 543 g/mol. The Morgan fingerprint density at radius 1 is 0.775 bits per heavy atom. The van der Waals surface area contributed by atoms with Crippen molar-refractivity contribution in [2.24, 2.45) is 0 Å². The first-order valence-corrected chi connectivity index (χ1v) is 12.6. The van der Waals surface area contributed by atoms with Crippen LogP contribution >= 0.6 is 0 Å². The zero-order valence-corrected chi connectivity index (χ0v) is 21.5. The van der Waals surface area contributed by atoms with Crippen molar-refractivity contribution < 1.29 is 28.3 Å². The highest BCUT2D eigenvalue weighted by atomic mass is 19.1. The average molecular weight is 544 g/mol. The molecule has 0 aliphatic rings. The molecule has 2 N–H and O–H groups in total. The summed E-state index contributed by atoms with van der Waals surface area (Å²) in [5, 5.41) is 11.9. The average Bonchev–Trinajstić information content (AvgIpc) is 2.95. The van der Waals surface area contributed by atoms with E-state index in [2.05, 4.69) is 10.3 Å². The number of aliphatic carboxylic acids is 1. The number of carboxylic acids is 1. The van der Waals surface area contributed by atoms with E-state index in [1.165, 1.54) is 4.90 Å². The molecule has 9 heteroatoms. The standard InChI is InChI=1S/C31H27F2N3O4/c32-23-17-22(18-24(33)19-23)20-35-30(39)27-7-3-1-5-25(27)26-6-2-4-8-28(26)31(40)36(16-12-29(37)38)15-11-21-9-13-34-14-10-21/h1-10,13-14,17-19H,11-12,15-16,20H2,(H,35,39)(H,37,38).